The first-order valence-corrected chi connectivity index (χ1v) is 8.66. The van der Waals surface area contributed by atoms with Gasteiger partial charge in [0.15, 0.2) is 0 Å². The van der Waals surface area contributed by atoms with Crippen molar-refractivity contribution in [2.75, 3.05) is 12.4 Å². The standard InChI is InChI=1S/C20H21N3O2/c1-25-18-10-13(12-24)6-7-15(18)17-11-22-20-16(8-9-21-20)19(17)23-14-4-2-3-5-14/h6-12,14H,2-5H2,1H3,(H2,21,22,23). The topological polar surface area (TPSA) is 67.0 Å². The van der Waals surface area contributed by atoms with Gasteiger partial charge in [0.1, 0.15) is 17.7 Å². The van der Waals surface area contributed by atoms with Crippen molar-refractivity contribution in [3.63, 3.8) is 0 Å². The van der Waals surface area contributed by atoms with Crippen LogP contribution in [0.4, 0.5) is 5.69 Å². The molecule has 1 aliphatic carbocycles. The summed E-state index contributed by atoms with van der Waals surface area (Å²) in [5.41, 5.74) is 4.47. The van der Waals surface area contributed by atoms with Gasteiger partial charge in [0.05, 0.1) is 12.8 Å². The van der Waals surface area contributed by atoms with Crippen molar-refractivity contribution in [2.24, 2.45) is 0 Å². The Hall–Kier alpha value is -2.82. The van der Waals surface area contributed by atoms with Crippen LogP contribution in [0.2, 0.25) is 0 Å². The first kappa shape index (κ1) is 15.7. The number of H-pyrrole nitrogens is 1. The van der Waals surface area contributed by atoms with Crippen LogP contribution in [0.5, 0.6) is 5.75 Å². The Morgan fingerprint density at radius 3 is 2.84 bits per heavy atom. The van der Waals surface area contributed by atoms with Gasteiger partial charge in [-0.15, -0.1) is 0 Å². The predicted molar refractivity (Wildman–Crippen MR) is 99.3 cm³/mol. The van der Waals surface area contributed by atoms with Crippen LogP contribution >= 0.6 is 0 Å². The molecule has 3 aromatic rings. The third-order valence-electron chi connectivity index (χ3n) is 4.94. The highest BCUT2D eigenvalue weighted by atomic mass is 16.5. The van der Waals surface area contributed by atoms with E-state index in [0.717, 1.165) is 34.1 Å². The number of rotatable bonds is 5. The maximum absolute atomic E-state index is 11.1. The molecule has 0 unspecified atom stereocenters. The lowest BCUT2D eigenvalue weighted by Gasteiger charge is -2.19. The molecule has 2 N–H and O–H groups in total. The number of anilines is 1. The smallest absolute Gasteiger partial charge is 0.150 e. The summed E-state index contributed by atoms with van der Waals surface area (Å²) in [7, 11) is 1.62. The SMILES string of the molecule is COc1cc(C=O)ccc1-c1cnc2[nH]ccc2c1NC1CCCC1. The second-order valence-electron chi connectivity index (χ2n) is 6.49. The normalized spacial score (nSPS) is 14.8. The number of aromatic amines is 1. The van der Waals surface area contributed by atoms with E-state index in [4.69, 9.17) is 4.74 Å². The highest BCUT2D eigenvalue weighted by molar-refractivity contribution is 5.99. The lowest BCUT2D eigenvalue weighted by atomic mass is 10.0. The number of aromatic nitrogens is 2. The second-order valence-corrected chi connectivity index (χ2v) is 6.49. The molecular formula is C20H21N3O2. The third kappa shape index (κ3) is 2.86. The van der Waals surface area contributed by atoms with Crippen LogP contribution in [0, 0.1) is 0 Å². The van der Waals surface area contributed by atoms with Crippen LogP contribution in [0.15, 0.2) is 36.7 Å². The van der Waals surface area contributed by atoms with E-state index >= 15 is 0 Å². The Labute approximate surface area is 146 Å². The third-order valence-corrected chi connectivity index (χ3v) is 4.94. The van der Waals surface area contributed by atoms with Crippen molar-refractivity contribution in [2.45, 2.75) is 31.7 Å². The van der Waals surface area contributed by atoms with Crippen molar-refractivity contribution in [1.29, 1.82) is 0 Å². The number of benzene rings is 1. The first-order valence-electron chi connectivity index (χ1n) is 8.66. The van der Waals surface area contributed by atoms with Crippen molar-refractivity contribution < 1.29 is 9.53 Å². The van der Waals surface area contributed by atoms with Gasteiger partial charge < -0.3 is 15.0 Å². The Morgan fingerprint density at radius 1 is 1.24 bits per heavy atom. The monoisotopic (exact) mass is 335 g/mol. The fourth-order valence-corrected chi connectivity index (χ4v) is 3.65. The molecule has 0 atom stereocenters. The molecule has 128 valence electrons. The molecule has 0 spiro atoms. The van der Waals surface area contributed by atoms with Crippen molar-refractivity contribution in [3.05, 3.63) is 42.2 Å². The van der Waals surface area contributed by atoms with Crippen LogP contribution in [0.3, 0.4) is 0 Å². The number of ether oxygens (including phenoxy) is 1. The van der Waals surface area contributed by atoms with Gasteiger partial charge in [-0.1, -0.05) is 18.9 Å². The zero-order chi connectivity index (χ0) is 17.2. The maximum atomic E-state index is 11.1. The van der Waals surface area contributed by atoms with Gasteiger partial charge >= 0.3 is 0 Å². The van der Waals surface area contributed by atoms with Crippen LogP contribution in [-0.4, -0.2) is 29.4 Å². The average Bonchev–Trinajstić information content (AvgIpc) is 3.33. The van der Waals surface area contributed by atoms with E-state index in [1.54, 1.807) is 13.2 Å². The van der Waals surface area contributed by atoms with Gasteiger partial charge in [0, 0.05) is 40.5 Å². The molecule has 2 aromatic heterocycles. The number of nitrogens with one attached hydrogen (secondary N) is 2. The summed E-state index contributed by atoms with van der Waals surface area (Å²) in [5, 5.41) is 4.81. The van der Waals surface area contributed by atoms with Gasteiger partial charge in [0.25, 0.3) is 0 Å². The van der Waals surface area contributed by atoms with E-state index in [1.165, 1.54) is 25.7 Å². The summed E-state index contributed by atoms with van der Waals surface area (Å²) in [6.45, 7) is 0. The van der Waals surface area contributed by atoms with Gasteiger partial charge in [-0.2, -0.15) is 0 Å². The Kier molecular flexibility index (Phi) is 4.14. The summed E-state index contributed by atoms with van der Waals surface area (Å²) >= 11 is 0. The molecule has 25 heavy (non-hydrogen) atoms. The largest absolute Gasteiger partial charge is 0.496 e. The molecule has 0 radical (unpaired) electrons. The summed E-state index contributed by atoms with van der Waals surface area (Å²) in [5.74, 6) is 0.677. The molecule has 1 aromatic carbocycles. The lowest BCUT2D eigenvalue weighted by molar-refractivity contribution is 0.112. The number of hydrogen-bond donors (Lipinski definition) is 2. The van der Waals surface area contributed by atoms with Crippen molar-refractivity contribution >= 4 is 23.0 Å². The lowest BCUT2D eigenvalue weighted by Crippen LogP contribution is -2.15. The van der Waals surface area contributed by atoms with Gasteiger partial charge in [-0.3, -0.25) is 4.79 Å². The Balaban J connectivity index is 1.87. The van der Waals surface area contributed by atoms with Crippen molar-refractivity contribution in [1.82, 2.24) is 9.97 Å². The van der Waals surface area contributed by atoms with Gasteiger partial charge in [0.2, 0.25) is 0 Å². The molecule has 0 amide bonds. The Morgan fingerprint density at radius 2 is 2.08 bits per heavy atom. The summed E-state index contributed by atoms with van der Waals surface area (Å²) in [4.78, 5) is 18.8. The molecule has 4 rings (SSSR count). The second kappa shape index (κ2) is 6.59. The fraction of sp³-hybridized carbons (Fsp3) is 0.300. The van der Waals surface area contributed by atoms with E-state index in [1.807, 2.05) is 24.5 Å². The quantitative estimate of drug-likeness (QED) is 0.678. The van der Waals surface area contributed by atoms with Gasteiger partial charge in [-0.25, -0.2) is 4.98 Å². The summed E-state index contributed by atoms with van der Waals surface area (Å²) < 4.78 is 5.54. The molecule has 5 heteroatoms. The molecule has 0 bridgehead atoms. The maximum Gasteiger partial charge on any atom is 0.150 e. The number of hydrogen-bond acceptors (Lipinski definition) is 4. The minimum absolute atomic E-state index is 0.486. The minimum atomic E-state index is 0.486. The number of pyridine rings is 1. The number of fused-ring (bicyclic) bond motifs is 1. The van der Waals surface area contributed by atoms with Gasteiger partial charge in [-0.05, 0) is 31.0 Å². The van der Waals surface area contributed by atoms with Crippen LogP contribution < -0.4 is 10.1 Å². The van der Waals surface area contributed by atoms with Crippen LogP contribution in [-0.2, 0) is 0 Å². The summed E-state index contributed by atoms with van der Waals surface area (Å²) in [6.07, 6.45) is 9.53. The number of nitrogens with zero attached hydrogens (tertiary/aromatic N) is 1. The molecule has 1 fully saturated rings. The molecule has 0 saturated heterocycles. The van der Waals surface area contributed by atoms with E-state index in [9.17, 15) is 4.79 Å². The fourth-order valence-electron chi connectivity index (χ4n) is 3.65. The summed E-state index contributed by atoms with van der Waals surface area (Å²) in [6, 6.07) is 8.04. The average molecular weight is 335 g/mol. The molecule has 5 nitrogen and oxygen atoms in total. The van der Waals surface area contributed by atoms with E-state index in [2.05, 4.69) is 21.4 Å². The molecular weight excluding hydrogens is 314 g/mol. The zero-order valence-corrected chi connectivity index (χ0v) is 14.2. The molecule has 1 saturated carbocycles. The highest BCUT2D eigenvalue weighted by Crippen LogP contribution is 2.39. The highest BCUT2D eigenvalue weighted by Gasteiger charge is 2.20. The number of aldehydes is 1. The number of carbonyl (C=O) groups excluding carboxylic acids is 1. The number of carbonyl (C=O) groups is 1. The zero-order valence-electron chi connectivity index (χ0n) is 14.2. The Bertz CT molecular complexity index is 910. The van der Waals surface area contributed by atoms with Crippen molar-refractivity contribution in [3.8, 4) is 16.9 Å². The van der Waals surface area contributed by atoms with E-state index in [-0.39, 0.29) is 0 Å². The predicted octanol–water partition coefficient (Wildman–Crippen LogP) is 4.41. The van der Waals surface area contributed by atoms with E-state index < -0.39 is 0 Å². The number of methoxy groups -OCH3 is 1. The van der Waals surface area contributed by atoms with Crippen LogP contribution in [0.25, 0.3) is 22.2 Å². The molecule has 2 heterocycles. The minimum Gasteiger partial charge on any atom is -0.496 e. The molecule has 0 aliphatic heterocycles. The van der Waals surface area contributed by atoms with Crippen LogP contribution in [0.1, 0.15) is 36.0 Å². The molecule has 1 aliphatic rings. The van der Waals surface area contributed by atoms with E-state index in [0.29, 0.717) is 17.4 Å². The first-order chi connectivity index (χ1) is 12.3.